The number of aliphatic hydroxyl groups is 1. The van der Waals surface area contributed by atoms with Gasteiger partial charge < -0.3 is 9.84 Å². The van der Waals surface area contributed by atoms with Crippen LogP contribution >= 0.6 is 0 Å². The SMILES string of the molecule is CC1(C)CCCC2=C1[C@H]1OC(=O)C[C@H]1[C@@H]2O. The van der Waals surface area contributed by atoms with Gasteiger partial charge in [-0.2, -0.15) is 0 Å². The van der Waals surface area contributed by atoms with E-state index in [0.717, 1.165) is 19.3 Å². The third kappa shape index (κ3) is 1.21. The Morgan fingerprint density at radius 2 is 2.19 bits per heavy atom. The third-order valence-corrected chi connectivity index (χ3v) is 4.42. The van der Waals surface area contributed by atoms with Gasteiger partial charge in [0.1, 0.15) is 6.10 Å². The van der Waals surface area contributed by atoms with Crippen LogP contribution in [-0.2, 0) is 9.53 Å². The number of aliphatic hydroxyl groups excluding tert-OH is 1. The summed E-state index contributed by atoms with van der Waals surface area (Å²) in [5.41, 5.74) is 2.47. The first-order valence-corrected chi connectivity index (χ1v) is 6.12. The van der Waals surface area contributed by atoms with E-state index >= 15 is 0 Å². The smallest absolute Gasteiger partial charge is 0.306 e. The monoisotopic (exact) mass is 222 g/mol. The van der Waals surface area contributed by atoms with Gasteiger partial charge in [0, 0.05) is 5.92 Å². The van der Waals surface area contributed by atoms with Gasteiger partial charge in [-0.1, -0.05) is 13.8 Å². The van der Waals surface area contributed by atoms with Crippen molar-refractivity contribution in [2.45, 2.75) is 51.7 Å². The molecule has 0 amide bonds. The summed E-state index contributed by atoms with van der Waals surface area (Å²) < 4.78 is 5.40. The normalized spacial score (nSPS) is 40.7. The van der Waals surface area contributed by atoms with Crippen LogP contribution in [-0.4, -0.2) is 23.3 Å². The molecule has 3 atom stereocenters. The van der Waals surface area contributed by atoms with Gasteiger partial charge in [0.2, 0.25) is 0 Å². The molecule has 1 heterocycles. The van der Waals surface area contributed by atoms with Gasteiger partial charge >= 0.3 is 5.97 Å². The second kappa shape index (κ2) is 3.10. The van der Waals surface area contributed by atoms with E-state index in [1.807, 2.05) is 0 Å². The topological polar surface area (TPSA) is 46.5 Å². The molecule has 16 heavy (non-hydrogen) atoms. The molecule has 3 nitrogen and oxygen atoms in total. The van der Waals surface area contributed by atoms with Crippen LogP contribution in [0.2, 0.25) is 0 Å². The first-order valence-electron chi connectivity index (χ1n) is 6.12. The molecule has 1 saturated heterocycles. The number of hydrogen-bond acceptors (Lipinski definition) is 3. The van der Waals surface area contributed by atoms with Crippen molar-refractivity contribution in [3.05, 3.63) is 11.1 Å². The zero-order chi connectivity index (χ0) is 11.5. The van der Waals surface area contributed by atoms with Crippen molar-refractivity contribution >= 4 is 5.97 Å². The average Bonchev–Trinajstić information content (AvgIpc) is 2.66. The van der Waals surface area contributed by atoms with E-state index in [2.05, 4.69) is 13.8 Å². The molecular weight excluding hydrogens is 204 g/mol. The highest BCUT2D eigenvalue weighted by Gasteiger charge is 2.53. The summed E-state index contributed by atoms with van der Waals surface area (Å²) in [7, 11) is 0. The number of carbonyl (C=O) groups is 1. The maximum Gasteiger partial charge on any atom is 0.306 e. The Kier molecular flexibility index (Phi) is 2.00. The zero-order valence-corrected chi connectivity index (χ0v) is 9.82. The van der Waals surface area contributed by atoms with Crippen LogP contribution in [0.5, 0.6) is 0 Å². The van der Waals surface area contributed by atoms with Crippen LogP contribution in [0.15, 0.2) is 11.1 Å². The summed E-state index contributed by atoms with van der Waals surface area (Å²) in [5.74, 6) is -0.156. The van der Waals surface area contributed by atoms with Gasteiger partial charge in [-0.25, -0.2) is 0 Å². The van der Waals surface area contributed by atoms with Gasteiger partial charge in [-0.15, -0.1) is 0 Å². The van der Waals surface area contributed by atoms with Crippen LogP contribution in [0.3, 0.4) is 0 Å². The fourth-order valence-corrected chi connectivity index (χ4v) is 3.69. The van der Waals surface area contributed by atoms with E-state index in [1.165, 1.54) is 11.1 Å². The van der Waals surface area contributed by atoms with Crippen LogP contribution < -0.4 is 0 Å². The molecule has 0 radical (unpaired) electrons. The van der Waals surface area contributed by atoms with Gasteiger partial charge in [0.25, 0.3) is 0 Å². The molecule has 0 bridgehead atoms. The van der Waals surface area contributed by atoms with Crippen LogP contribution in [0.1, 0.15) is 39.5 Å². The van der Waals surface area contributed by atoms with Crippen molar-refractivity contribution in [3.8, 4) is 0 Å². The fraction of sp³-hybridized carbons (Fsp3) is 0.769. The predicted molar refractivity (Wildman–Crippen MR) is 58.7 cm³/mol. The van der Waals surface area contributed by atoms with E-state index in [4.69, 9.17) is 4.74 Å². The molecule has 0 spiro atoms. The van der Waals surface area contributed by atoms with E-state index < -0.39 is 6.10 Å². The molecule has 88 valence electrons. The van der Waals surface area contributed by atoms with E-state index in [-0.39, 0.29) is 23.4 Å². The van der Waals surface area contributed by atoms with Crippen LogP contribution in [0.25, 0.3) is 0 Å². The van der Waals surface area contributed by atoms with Crippen molar-refractivity contribution in [2.24, 2.45) is 11.3 Å². The average molecular weight is 222 g/mol. The lowest BCUT2D eigenvalue weighted by Crippen LogP contribution is -2.27. The summed E-state index contributed by atoms with van der Waals surface area (Å²) in [5, 5.41) is 10.3. The lowest BCUT2D eigenvalue weighted by Gasteiger charge is -2.34. The predicted octanol–water partition coefficient (Wildman–Crippen LogP) is 1.80. The second-order valence-electron chi connectivity index (χ2n) is 5.90. The van der Waals surface area contributed by atoms with Crippen LogP contribution in [0.4, 0.5) is 0 Å². The van der Waals surface area contributed by atoms with E-state index in [1.54, 1.807) is 0 Å². The number of rotatable bonds is 0. The van der Waals surface area contributed by atoms with Gasteiger partial charge in [0.05, 0.1) is 12.5 Å². The largest absolute Gasteiger partial charge is 0.457 e. The summed E-state index contributed by atoms with van der Waals surface area (Å²) in [6.45, 7) is 4.39. The van der Waals surface area contributed by atoms with Crippen LogP contribution in [0, 0.1) is 11.3 Å². The molecule has 0 aromatic carbocycles. The molecule has 0 unspecified atom stereocenters. The maximum atomic E-state index is 11.3. The summed E-state index contributed by atoms with van der Waals surface area (Å²) in [6.07, 6.45) is 3.05. The molecule has 3 aliphatic rings. The molecule has 1 N–H and O–H groups in total. The summed E-state index contributed by atoms with van der Waals surface area (Å²) in [6, 6.07) is 0. The number of fused-ring (bicyclic) bond motifs is 2. The highest BCUT2D eigenvalue weighted by molar-refractivity contribution is 5.74. The standard InChI is InChI=1S/C13H18O3/c1-13(2)5-3-4-7-10(13)12-8(11(7)15)6-9(14)16-12/h8,11-12,15H,3-6H2,1-2H3/t8-,11+,12-/m0/s1. The lowest BCUT2D eigenvalue weighted by molar-refractivity contribution is -0.140. The van der Waals surface area contributed by atoms with Crippen molar-refractivity contribution in [3.63, 3.8) is 0 Å². The van der Waals surface area contributed by atoms with Crippen molar-refractivity contribution < 1.29 is 14.6 Å². The Bertz CT molecular complexity index is 381. The molecule has 1 fully saturated rings. The Balaban J connectivity index is 2.05. The number of hydrogen-bond donors (Lipinski definition) is 1. The quantitative estimate of drug-likeness (QED) is 0.502. The lowest BCUT2D eigenvalue weighted by atomic mass is 9.72. The van der Waals surface area contributed by atoms with Crippen molar-refractivity contribution in [2.75, 3.05) is 0 Å². The zero-order valence-electron chi connectivity index (χ0n) is 9.82. The summed E-state index contributed by atoms with van der Waals surface area (Å²) >= 11 is 0. The molecule has 0 aromatic rings. The molecule has 3 heteroatoms. The van der Waals surface area contributed by atoms with Gasteiger partial charge in [-0.3, -0.25) is 4.79 Å². The maximum absolute atomic E-state index is 11.3. The van der Waals surface area contributed by atoms with Crippen molar-refractivity contribution in [1.29, 1.82) is 0 Å². The fourth-order valence-electron chi connectivity index (χ4n) is 3.69. The first kappa shape index (κ1) is 10.3. The molecule has 0 aromatic heterocycles. The number of carbonyl (C=O) groups excluding carboxylic acids is 1. The van der Waals surface area contributed by atoms with E-state index in [0.29, 0.717) is 6.42 Å². The molecule has 3 rings (SSSR count). The molecule has 1 aliphatic heterocycles. The molecule has 2 aliphatic carbocycles. The highest BCUT2D eigenvalue weighted by atomic mass is 16.6. The minimum absolute atomic E-state index is 0.00475. The first-order chi connectivity index (χ1) is 7.50. The van der Waals surface area contributed by atoms with Gasteiger partial charge in [-0.05, 0) is 35.8 Å². The molecule has 0 saturated carbocycles. The number of ether oxygens (including phenoxy) is 1. The third-order valence-electron chi connectivity index (χ3n) is 4.42. The summed E-state index contributed by atoms with van der Waals surface area (Å²) in [4.78, 5) is 11.3. The van der Waals surface area contributed by atoms with Gasteiger partial charge in [0.15, 0.2) is 0 Å². The Morgan fingerprint density at radius 1 is 1.44 bits per heavy atom. The minimum Gasteiger partial charge on any atom is -0.457 e. The van der Waals surface area contributed by atoms with Crippen molar-refractivity contribution in [1.82, 2.24) is 0 Å². The highest BCUT2D eigenvalue weighted by Crippen LogP contribution is 2.53. The Morgan fingerprint density at radius 3 is 2.94 bits per heavy atom. The molecular formula is C13H18O3. The Labute approximate surface area is 95.5 Å². The minimum atomic E-state index is -0.439. The number of esters is 1. The second-order valence-corrected chi connectivity index (χ2v) is 5.90. The Hall–Kier alpha value is -0.830. The van der Waals surface area contributed by atoms with E-state index in [9.17, 15) is 9.90 Å².